The summed E-state index contributed by atoms with van der Waals surface area (Å²) >= 11 is 0. The van der Waals surface area contributed by atoms with Gasteiger partial charge in [0.05, 0.1) is 17.1 Å². The number of rotatable bonds is 6. The molecule has 186 valence electrons. The van der Waals surface area contributed by atoms with Crippen LogP contribution in [-0.2, 0) is 13.6 Å². The van der Waals surface area contributed by atoms with Gasteiger partial charge < -0.3 is 15.5 Å². The molecule has 0 radical (unpaired) electrons. The van der Waals surface area contributed by atoms with Gasteiger partial charge in [0.2, 0.25) is 0 Å². The van der Waals surface area contributed by atoms with Crippen LogP contribution in [0.15, 0.2) is 18.2 Å². The number of urea groups is 1. The lowest BCUT2D eigenvalue weighted by atomic mass is 10.2. The van der Waals surface area contributed by atoms with Crippen molar-refractivity contribution in [3.05, 3.63) is 35.3 Å². The minimum atomic E-state index is -0.248. The molecule has 10 nitrogen and oxygen atoms in total. The molecular formula is C20H33Cl3N8O2. The highest BCUT2D eigenvalue weighted by Crippen LogP contribution is 2.21. The van der Waals surface area contributed by atoms with Crippen molar-refractivity contribution in [2.45, 2.75) is 20.4 Å². The van der Waals surface area contributed by atoms with Crippen LogP contribution < -0.4 is 20.9 Å². The fourth-order valence-electron chi connectivity index (χ4n) is 3.55. The number of piperazine rings is 1. The molecule has 0 aromatic carbocycles. The van der Waals surface area contributed by atoms with Gasteiger partial charge in [0.1, 0.15) is 5.69 Å². The number of hydrogen-bond acceptors (Lipinski definition) is 6. The third-order valence-electron chi connectivity index (χ3n) is 5.17. The summed E-state index contributed by atoms with van der Waals surface area (Å²) in [6, 6.07) is 5.41. The summed E-state index contributed by atoms with van der Waals surface area (Å²) in [6.45, 7) is 8.71. The summed E-state index contributed by atoms with van der Waals surface area (Å²) in [6.07, 6.45) is 0. The first kappa shape index (κ1) is 30.7. The van der Waals surface area contributed by atoms with E-state index in [4.69, 9.17) is 0 Å². The first-order valence-electron chi connectivity index (χ1n) is 10.2. The van der Waals surface area contributed by atoms with Gasteiger partial charge in [-0.2, -0.15) is 5.10 Å². The summed E-state index contributed by atoms with van der Waals surface area (Å²) in [4.78, 5) is 32.6. The third kappa shape index (κ3) is 7.92. The van der Waals surface area contributed by atoms with Crippen molar-refractivity contribution in [1.82, 2.24) is 30.3 Å². The Morgan fingerprint density at radius 1 is 1.09 bits per heavy atom. The quantitative estimate of drug-likeness (QED) is 0.536. The second kappa shape index (κ2) is 14.1. The van der Waals surface area contributed by atoms with Crippen molar-refractivity contribution in [2.75, 3.05) is 50.0 Å². The topological polar surface area (TPSA) is 107 Å². The Hall–Kier alpha value is -2.27. The zero-order valence-electron chi connectivity index (χ0n) is 19.3. The van der Waals surface area contributed by atoms with Crippen LogP contribution in [0.5, 0.6) is 0 Å². The second-order valence-corrected chi connectivity index (χ2v) is 7.27. The zero-order chi connectivity index (χ0) is 21.7. The minimum absolute atomic E-state index is 0. The van der Waals surface area contributed by atoms with Gasteiger partial charge in [0.25, 0.3) is 5.91 Å². The molecule has 0 unspecified atom stereocenters. The molecule has 1 aliphatic rings. The SMILES string of the molecule is CCNC(=O)Nc1cc(CN2CCN(c3ccc(C(=O)NC)nc3C)CC2)n(C)n1.Cl.Cl.Cl. The number of pyridine rings is 1. The molecule has 1 saturated heterocycles. The fraction of sp³-hybridized carbons (Fsp3) is 0.500. The lowest BCUT2D eigenvalue weighted by molar-refractivity contribution is 0.0958. The zero-order valence-corrected chi connectivity index (χ0v) is 21.7. The maximum Gasteiger partial charge on any atom is 0.320 e. The molecule has 1 aliphatic heterocycles. The van der Waals surface area contributed by atoms with Crippen LogP contribution in [0.2, 0.25) is 0 Å². The highest BCUT2D eigenvalue weighted by Gasteiger charge is 2.21. The molecule has 1 fully saturated rings. The predicted molar refractivity (Wildman–Crippen MR) is 138 cm³/mol. The van der Waals surface area contributed by atoms with Gasteiger partial charge in [-0.05, 0) is 26.0 Å². The number of halogens is 3. The highest BCUT2D eigenvalue weighted by atomic mass is 35.5. The molecule has 3 N–H and O–H groups in total. The molecule has 2 aromatic heterocycles. The number of carbonyl (C=O) groups excluding carboxylic acids is 2. The maximum atomic E-state index is 11.8. The lowest BCUT2D eigenvalue weighted by Gasteiger charge is -2.36. The molecular weight excluding hydrogens is 491 g/mol. The first-order chi connectivity index (χ1) is 14.4. The Labute approximate surface area is 213 Å². The van der Waals surface area contributed by atoms with Crippen LogP contribution >= 0.6 is 37.2 Å². The Morgan fingerprint density at radius 3 is 2.33 bits per heavy atom. The second-order valence-electron chi connectivity index (χ2n) is 7.27. The summed E-state index contributed by atoms with van der Waals surface area (Å²) in [7, 11) is 3.49. The number of carbonyl (C=O) groups is 2. The van der Waals surface area contributed by atoms with Crippen molar-refractivity contribution >= 4 is 60.7 Å². The predicted octanol–water partition coefficient (Wildman–Crippen LogP) is 2.21. The summed E-state index contributed by atoms with van der Waals surface area (Å²) in [5.74, 6) is 0.377. The van der Waals surface area contributed by atoms with Crippen LogP contribution in [0.25, 0.3) is 0 Å². The van der Waals surface area contributed by atoms with E-state index in [0.29, 0.717) is 18.1 Å². The summed E-state index contributed by atoms with van der Waals surface area (Å²) < 4.78 is 1.81. The fourth-order valence-corrected chi connectivity index (χ4v) is 3.55. The van der Waals surface area contributed by atoms with Crippen LogP contribution in [-0.4, -0.2) is 71.4 Å². The van der Waals surface area contributed by atoms with E-state index in [1.54, 1.807) is 17.8 Å². The average Bonchev–Trinajstić information content (AvgIpc) is 3.06. The van der Waals surface area contributed by atoms with Crippen molar-refractivity contribution in [3.8, 4) is 0 Å². The van der Waals surface area contributed by atoms with Crippen molar-refractivity contribution in [3.63, 3.8) is 0 Å². The van der Waals surface area contributed by atoms with Gasteiger partial charge in [-0.3, -0.25) is 19.7 Å². The molecule has 33 heavy (non-hydrogen) atoms. The Bertz CT molecular complexity index is 917. The molecule has 0 aliphatic carbocycles. The molecule has 2 aromatic rings. The summed E-state index contributed by atoms with van der Waals surface area (Å²) in [5, 5.41) is 12.4. The molecule has 3 amide bonds. The monoisotopic (exact) mass is 522 g/mol. The van der Waals surface area contributed by atoms with Gasteiger partial charge in [0.15, 0.2) is 5.82 Å². The van der Waals surface area contributed by atoms with Gasteiger partial charge in [0, 0.05) is 59.4 Å². The Kier molecular flexibility index (Phi) is 13.1. The molecule has 0 spiro atoms. The number of hydrogen-bond donors (Lipinski definition) is 3. The first-order valence-corrected chi connectivity index (χ1v) is 10.2. The summed E-state index contributed by atoms with van der Waals surface area (Å²) in [5.41, 5.74) is 3.40. The van der Waals surface area contributed by atoms with E-state index in [1.165, 1.54) is 0 Å². The number of aromatic nitrogens is 3. The lowest BCUT2D eigenvalue weighted by Crippen LogP contribution is -2.46. The number of nitrogens with one attached hydrogen (secondary N) is 3. The van der Waals surface area contributed by atoms with E-state index in [1.807, 2.05) is 33.0 Å². The van der Waals surface area contributed by atoms with Gasteiger partial charge in [-0.25, -0.2) is 9.78 Å². The van der Waals surface area contributed by atoms with Crippen molar-refractivity contribution in [1.29, 1.82) is 0 Å². The molecule has 0 bridgehead atoms. The van der Waals surface area contributed by atoms with E-state index in [0.717, 1.165) is 49.8 Å². The number of anilines is 2. The van der Waals surface area contributed by atoms with Crippen LogP contribution in [0.3, 0.4) is 0 Å². The smallest absolute Gasteiger partial charge is 0.320 e. The van der Waals surface area contributed by atoms with E-state index in [9.17, 15) is 9.59 Å². The molecule has 3 rings (SSSR count). The maximum absolute atomic E-state index is 11.8. The van der Waals surface area contributed by atoms with Gasteiger partial charge in [-0.1, -0.05) is 0 Å². The minimum Gasteiger partial charge on any atom is -0.368 e. The van der Waals surface area contributed by atoms with Gasteiger partial charge in [-0.15, -0.1) is 37.2 Å². The number of nitrogens with zero attached hydrogens (tertiary/aromatic N) is 5. The Balaban J connectivity index is 0.00000341. The van der Waals surface area contributed by atoms with E-state index in [2.05, 4.69) is 35.8 Å². The molecule has 0 atom stereocenters. The van der Waals surface area contributed by atoms with E-state index < -0.39 is 0 Å². The highest BCUT2D eigenvalue weighted by molar-refractivity contribution is 5.92. The number of amides is 3. The third-order valence-corrected chi connectivity index (χ3v) is 5.17. The van der Waals surface area contributed by atoms with Crippen molar-refractivity contribution < 1.29 is 9.59 Å². The average molecular weight is 524 g/mol. The van der Waals surface area contributed by atoms with Gasteiger partial charge >= 0.3 is 6.03 Å². The van der Waals surface area contributed by atoms with E-state index >= 15 is 0 Å². The van der Waals surface area contributed by atoms with Crippen LogP contribution in [0, 0.1) is 6.92 Å². The van der Waals surface area contributed by atoms with Crippen LogP contribution in [0.1, 0.15) is 28.8 Å². The van der Waals surface area contributed by atoms with E-state index in [-0.39, 0.29) is 49.2 Å². The molecule has 0 saturated carbocycles. The molecule has 13 heteroatoms. The largest absolute Gasteiger partial charge is 0.368 e. The standard InChI is InChI=1S/C20H30N8O2.3ClH/c1-5-22-20(30)24-18-12-15(26(4)25-18)13-27-8-10-28(11-9-27)17-7-6-16(19(29)21-3)23-14(17)2;;;/h6-7,12H,5,8-11,13H2,1-4H3,(H,21,29)(H2,22,24,25,30);3*1H. The van der Waals surface area contributed by atoms with Crippen LogP contribution in [0.4, 0.5) is 16.3 Å². The van der Waals surface area contributed by atoms with Crippen molar-refractivity contribution in [2.24, 2.45) is 7.05 Å². The Morgan fingerprint density at radius 2 is 1.76 bits per heavy atom. The molecule has 3 heterocycles. The number of aryl methyl sites for hydroxylation is 2. The normalized spacial score (nSPS) is 13.2.